The Balaban J connectivity index is 1.76. The lowest BCUT2D eigenvalue weighted by molar-refractivity contribution is 0.529. The van der Waals surface area contributed by atoms with Crippen molar-refractivity contribution in [3.8, 4) is 0 Å². The van der Waals surface area contributed by atoms with Crippen LogP contribution in [0.5, 0.6) is 0 Å². The van der Waals surface area contributed by atoms with Crippen molar-refractivity contribution < 1.29 is 0 Å². The predicted octanol–water partition coefficient (Wildman–Crippen LogP) is 8.38. The van der Waals surface area contributed by atoms with Crippen LogP contribution >= 0.6 is 0 Å². The Morgan fingerprint density at radius 1 is 0.538 bits per heavy atom. The van der Waals surface area contributed by atoms with Gasteiger partial charge in [0.1, 0.15) is 0 Å². The molecule has 26 heavy (non-hydrogen) atoms. The molecule has 0 aromatic heterocycles. The van der Waals surface area contributed by atoms with Crippen molar-refractivity contribution in [1.82, 2.24) is 0 Å². The Morgan fingerprint density at radius 2 is 0.923 bits per heavy atom. The summed E-state index contributed by atoms with van der Waals surface area (Å²) in [6.07, 6.45) is 23.0. The number of hydrogen-bond donors (Lipinski definition) is 0. The average Bonchev–Trinajstić information content (AvgIpc) is 2.68. The van der Waals surface area contributed by atoms with Gasteiger partial charge < -0.3 is 4.90 Å². The molecule has 0 aliphatic carbocycles. The number of anilines is 1. The lowest BCUT2D eigenvalue weighted by Crippen LogP contribution is -2.18. The minimum Gasteiger partial charge on any atom is -0.375 e. The van der Waals surface area contributed by atoms with Crippen molar-refractivity contribution in [2.75, 3.05) is 18.5 Å². The van der Waals surface area contributed by atoms with E-state index in [9.17, 15) is 0 Å². The van der Waals surface area contributed by atoms with Gasteiger partial charge in [-0.05, 0) is 18.6 Å². The fraction of sp³-hybridized carbons (Fsp3) is 0.760. The van der Waals surface area contributed by atoms with Gasteiger partial charge in [0.2, 0.25) is 0 Å². The van der Waals surface area contributed by atoms with Crippen LogP contribution in [0.15, 0.2) is 30.3 Å². The first-order chi connectivity index (χ1) is 12.8. The topological polar surface area (TPSA) is 3.24 Å². The summed E-state index contributed by atoms with van der Waals surface area (Å²) in [5.41, 5.74) is 1.34. The van der Waals surface area contributed by atoms with E-state index in [1.165, 1.54) is 115 Å². The highest BCUT2D eigenvalue weighted by Crippen LogP contribution is 2.15. The molecule has 0 heterocycles. The normalized spacial score (nSPS) is 11.0. The van der Waals surface area contributed by atoms with E-state index in [1.807, 2.05) is 0 Å². The van der Waals surface area contributed by atoms with Gasteiger partial charge in [0.25, 0.3) is 0 Å². The van der Waals surface area contributed by atoms with Crippen LogP contribution in [-0.4, -0.2) is 13.6 Å². The summed E-state index contributed by atoms with van der Waals surface area (Å²) < 4.78 is 0. The van der Waals surface area contributed by atoms with Gasteiger partial charge in [-0.2, -0.15) is 0 Å². The van der Waals surface area contributed by atoms with E-state index < -0.39 is 0 Å². The van der Waals surface area contributed by atoms with E-state index in [1.54, 1.807) is 0 Å². The Morgan fingerprint density at radius 3 is 1.35 bits per heavy atom. The maximum absolute atomic E-state index is 2.38. The molecule has 1 heteroatoms. The van der Waals surface area contributed by atoms with E-state index in [0.717, 1.165) is 0 Å². The van der Waals surface area contributed by atoms with E-state index in [2.05, 4.69) is 49.2 Å². The van der Waals surface area contributed by atoms with Gasteiger partial charge in [-0.25, -0.2) is 0 Å². The summed E-state index contributed by atoms with van der Waals surface area (Å²) in [5.74, 6) is 0. The Labute approximate surface area is 164 Å². The second kappa shape index (κ2) is 17.4. The highest BCUT2D eigenvalue weighted by Gasteiger charge is 1.99. The van der Waals surface area contributed by atoms with Crippen LogP contribution in [0.1, 0.15) is 110 Å². The molecule has 0 saturated carbocycles. The molecule has 0 N–H and O–H groups in total. The maximum atomic E-state index is 2.38. The summed E-state index contributed by atoms with van der Waals surface area (Å²) >= 11 is 0. The zero-order chi connectivity index (χ0) is 18.7. The van der Waals surface area contributed by atoms with Gasteiger partial charge in [0, 0.05) is 19.3 Å². The number of rotatable bonds is 18. The third kappa shape index (κ3) is 13.3. The lowest BCUT2D eigenvalue weighted by atomic mass is 10.0. The van der Waals surface area contributed by atoms with Crippen LogP contribution in [0, 0.1) is 0 Å². The molecule has 1 aromatic carbocycles. The molecule has 0 unspecified atom stereocenters. The first-order valence-corrected chi connectivity index (χ1v) is 11.6. The maximum Gasteiger partial charge on any atom is 0.0363 e. The fourth-order valence-corrected chi connectivity index (χ4v) is 3.71. The van der Waals surface area contributed by atoms with Crippen LogP contribution in [0.3, 0.4) is 0 Å². The third-order valence-corrected chi connectivity index (χ3v) is 5.54. The van der Waals surface area contributed by atoms with Crippen LogP contribution < -0.4 is 4.90 Å². The number of unbranched alkanes of at least 4 members (excludes halogenated alkanes) is 15. The van der Waals surface area contributed by atoms with Crippen molar-refractivity contribution in [3.05, 3.63) is 30.3 Å². The quantitative estimate of drug-likeness (QED) is 0.238. The summed E-state index contributed by atoms with van der Waals surface area (Å²) in [4.78, 5) is 2.38. The van der Waals surface area contributed by atoms with Crippen molar-refractivity contribution in [3.63, 3.8) is 0 Å². The molecule has 0 amide bonds. The summed E-state index contributed by atoms with van der Waals surface area (Å²) in [5, 5.41) is 0. The van der Waals surface area contributed by atoms with E-state index in [0.29, 0.717) is 0 Å². The molecule has 0 fully saturated rings. The van der Waals surface area contributed by atoms with Gasteiger partial charge in [0.05, 0.1) is 0 Å². The van der Waals surface area contributed by atoms with Crippen molar-refractivity contribution in [2.24, 2.45) is 0 Å². The molecule has 0 bridgehead atoms. The summed E-state index contributed by atoms with van der Waals surface area (Å²) in [6, 6.07) is 10.7. The molecule has 0 radical (unpaired) electrons. The zero-order valence-corrected chi connectivity index (χ0v) is 17.9. The summed E-state index contributed by atoms with van der Waals surface area (Å²) in [7, 11) is 2.21. The summed E-state index contributed by atoms with van der Waals surface area (Å²) in [6.45, 7) is 3.48. The second-order valence-corrected chi connectivity index (χ2v) is 8.06. The minimum absolute atomic E-state index is 1.18. The Kier molecular flexibility index (Phi) is 15.5. The predicted molar refractivity (Wildman–Crippen MR) is 119 cm³/mol. The molecule has 150 valence electrons. The fourth-order valence-electron chi connectivity index (χ4n) is 3.71. The Bertz CT molecular complexity index is 386. The van der Waals surface area contributed by atoms with Crippen molar-refractivity contribution >= 4 is 5.69 Å². The number of nitrogens with zero attached hydrogens (tertiary/aromatic N) is 1. The van der Waals surface area contributed by atoms with Gasteiger partial charge in [-0.1, -0.05) is 121 Å². The zero-order valence-electron chi connectivity index (χ0n) is 17.9. The first kappa shape index (κ1) is 23.1. The van der Waals surface area contributed by atoms with Crippen molar-refractivity contribution in [2.45, 2.75) is 110 Å². The van der Waals surface area contributed by atoms with Gasteiger partial charge in [0.15, 0.2) is 0 Å². The molecular formula is C25H45N. The van der Waals surface area contributed by atoms with E-state index >= 15 is 0 Å². The molecule has 0 spiro atoms. The molecule has 0 aliphatic rings. The third-order valence-electron chi connectivity index (χ3n) is 5.54. The smallest absolute Gasteiger partial charge is 0.0363 e. The van der Waals surface area contributed by atoms with Crippen LogP contribution in [0.25, 0.3) is 0 Å². The average molecular weight is 360 g/mol. The first-order valence-electron chi connectivity index (χ1n) is 11.6. The van der Waals surface area contributed by atoms with Crippen LogP contribution in [0.4, 0.5) is 5.69 Å². The minimum atomic E-state index is 1.18. The van der Waals surface area contributed by atoms with E-state index in [-0.39, 0.29) is 0 Å². The number of para-hydroxylation sites is 1. The highest BCUT2D eigenvalue weighted by atomic mass is 15.1. The van der Waals surface area contributed by atoms with Crippen molar-refractivity contribution in [1.29, 1.82) is 0 Å². The van der Waals surface area contributed by atoms with Gasteiger partial charge in [-0.3, -0.25) is 0 Å². The largest absolute Gasteiger partial charge is 0.375 e. The van der Waals surface area contributed by atoms with Crippen LogP contribution in [0.2, 0.25) is 0 Å². The number of hydrogen-bond acceptors (Lipinski definition) is 1. The van der Waals surface area contributed by atoms with Crippen LogP contribution in [-0.2, 0) is 0 Å². The second-order valence-electron chi connectivity index (χ2n) is 8.06. The molecule has 1 nitrogen and oxygen atoms in total. The highest BCUT2D eigenvalue weighted by molar-refractivity contribution is 5.44. The monoisotopic (exact) mass is 359 g/mol. The molecule has 0 atom stereocenters. The molecule has 1 rings (SSSR count). The van der Waals surface area contributed by atoms with Gasteiger partial charge >= 0.3 is 0 Å². The van der Waals surface area contributed by atoms with Gasteiger partial charge in [-0.15, -0.1) is 0 Å². The molecule has 0 saturated heterocycles. The SMILES string of the molecule is CCCCCCCCCCCCCCCCCCN(C)c1ccccc1. The number of benzene rings is 1. The molecule has 0 aliphatic heterocycles. The Hall–Kier alpha value is -0.980. The standard InChI is InChI=1S/C25H45N/c1-3-4-5-6-7-8-9-10-11-12-13-14-15-16-17-21-24-26(2)25-22-19-18-20-23-25/h18-20,22-23H,3-17,21,24H2,1-2H3. The lowest BCUT2D eigenvalue weighted by Gasteiger charge is -2.18. The molecule has 1 aromatic rings. The van der Waals surface area contributed by atoms with E-state index in [4.69, 9.17) is 0 Å². The molecular weight excluding hydrogens is 314 g/mol.